The van der Waals surface area contributed by atoms with Crippen LogP contribution in [0.2, 0.25) is 0 Å². The first-order chi connectivity index (χ1) is 7.45. The molecular formula is C10H16N2O4. The summed E-state index contributed by atoms with van der Waals surface area (Å²) >= 11 is 0. The molecule has 16 heavy (non-hydrogen) atoms. The smallest absolute Gasteiger partial charge is 0.319 e. The maximum atomic E-state index is 10.5. The molecule has 0 fully saturated rings. The zero-order chi connectivity index (χ0) is 12.6. The van der Waals surface area contributed by atoms with E-state index < -0.39 is 11.9 Å². The second kappa shape index (κ2) is 7.56. The number of carbonyl (C=O) groups excluding carboxylic acids is 2. The Balaban J connectivity index is 4.31. The van der Waals surface area contributed by atoms with E-state index in [1.165, 1.54) is 13.8 Å². The van der Waals surface area contributed by atoms with Crippen LogP contribution in [-0.4, -0.2) is 23.4 Å². The molecule has 0 unspecified atom stereocenters. The van der Waals surface area contributed by atoms with Gasteiger partial charge in [-0.05, 0) is 13.3 Å². The minimum absolute atomic E-state index is 0.400. The molecule has 0 radical (unpaired) electrons. The Morgan fingerprint density at radius 2 is 1.50 bits per heavy atom. The summed E-state index contributed by atoms with van der Waals surface area (Å²) in [6.45, 7) is 6.12. The highest BCUT2D eigenvalue weighted by Crippen LogP contribution is 1.98. The molecule has 0 atom stereocenters. The van der Waals surface area contributed by atoms with Gasteiger partial charge in [0.15, 0.2) is 0 Å². The summed E-state index contributed by atoms with van der Waals surface area (Å²) in [5.41, 5.74) is 1.24. The average Bonchev–Trinajstić information content (AvgIpc) is 2.20. The lowest BCUT2D eigenvalue weighted by Crippen LogP contribution is -2.07. The molecule has 0 aliphatic heterocycles. The van der Waals surface area contributed by atoms with Gasteiger partial charge in [-0.3, -0.25) is 0 Å². The van der Waals surface area contributed by atoms with Gasteiger partial charge < -0.3 is 9.68 Å². The van der Waals surface area contributed by atoms with E-state index in [4.69, 9.17) is 0 Å². The molecular weight excluding hydrogens is 212 g/mol. The van der Waals surface area contributed by atoms with Crippen molar-refractivity contribution in [2.24, 2.45) is 10.3 Å². The molecule has 0 bridgehead atoms. The number of hydrogen-bond acceptors (Lipinski definition) is 6. The Hall–Kier alpha value is -1.72. The molecule has 0 heterocycles. The molecule has 0 rings (SSSR count). The van der Waals surface area contributed by atoms with E-state index in [9.17, 15) is 9.59 Å². The van der Waals surface area contributed by atoms with E-state index in [2.05, 4.69) is 20.0 Å². The van der Waals surface area contributed by atoms with E-state index in [0.29, 0.717) is 24.3 Å². The first-order valence-electron chi connectivity index (χ1n) is 4.90. The van der Waals surface area contributed by atoms with E-state index in [0.717, 1.165) is 0 Å². The SMILES string of the molecule is CC/C(C/C(C)=N/OC(C)=O)=N\OC(C)=O. The molecule has 6 heteroatoms. The molecule has 0 aromatic carbocycles. The predicted octanol–water partition coefficient (Wildman–Crippen LogP) is 1.64. The van der Waals surface area contributed by atoms with Crippen molar-refractivity contribution in [2.45, 2.75) is 40.5 Å². The first-order valence-corrected chi connectivity index (χ1v) is 4.90. The second-order valence-electron chi connectivity index (χ2n) is 3.18. The van der Waals surface area contributed by atoms with Gasteiger partial charge in [0.1, 0.15) is 0 Å². The van der Waals surface area contributed by atoms with Gasteiger partial charge in [-0.1, -0.05) is 17.2 Å². The molecule has 0 saturated heterocycles. The van der Waals surface area contributed by atoms with Crippen LogP contribution in [-0.2, 0) is 19.3 Å². The molecule has 0 aliphatic rings. The highest BCUT2D eigenvalue weighted by Gasteiger charge is 2.03. The van der Waals surface area contributed by atoms with Crippen molar-refractivity contribution in [1.82, 2.24) is 0 Å². The molecule has 0 saturated carbocycles. The third-order valence-electron chi connectivity index (χ3n) is 1.50. The van der Waals surface area contributed by atoms with Crippen LogP contribution in [0.15, 0.2) is 10.3 Å². The van der Waals surface area contributed by atoms with Gasteiger partial charge in [0.2, 0.25) is 0 Å². The summed E-state index contributed by atoms with van der Waals surface area (Å²) in [5.74, 6) is -0.949. The number of oxime groups is 2. The zero-order valence-corrected chi connectivity index (χ0v) is 9.94. The average molecular weight is 228 g/mol. The fraction of sp³-hybridized carbons (Fsp3) is 0.600. The van der Waals surface area contributed by atoms with Crippen molar-refractivity contribution in [1.29, 1.82) is 0 Å². The quantitative estimate of drug-likeness (QED) is 0.407. The number of carbonyl (C=O) groups is 2. The van der Waals surface area contributed by atoms with E-state index in [-0.39, 0.29) is 0 Å². The topological polar surface area (TPSA) is 77.3 Å². The standard InChI is InChI=1S/C10H16N2O4/c1-5-10(12-16-9(4)14)6-7(2)11-15-8(3)13/h5-6H2,1-4H3/b11-7+,12-10+. The third-order valence-corrected chi connectivity index (χ3v) is 1.50. The Labute approximate surface area is 94.3 Å². The minimum atomic E-state index is -0.477. The van der Waals surface area contributed by atoms with Gasteiger partial charge in [0, 0.05) is 20.3 Å². The number of nitrogens with zero attached hydrogens (tertiary/aromatic N) is 2. The summed E-state index contributed by atoms with van der Waals surface area (Å²) in [5, 5.41) is 7.24. The number of hydrogen-bond donors (Lipinski definition) is 0. The molecule has 6 nitrogen and oxygen atoms in total. The van der Waals surface area contributed by atoms with Crippen molar-refractivity contribution < 1.29 is 19.3 Å². The van der Waals surface area contributed by atoms with Crippen LogP contribution in [0.1, 0.15) is 40.5 Å². The van der Waals surface area contributed by atoms with Gasteiger partial charge >= 0.3 is 11.9 Å². The number of rotatable bonds is 5. The molecule has 90 valence electrons. The van der Waals surface area contributed by atoms with Crippen LogP contribution in [0, 0.1) is 0 Å². The predicted molar refractivity (Wildman–Crippen MR) is 59.0 cm³/mol. The molecule has 0 amide bonds. The fourth-order valence-electron chi connectivity index (χ4n) is 0.820. The van der Waals surface area contributed by atoms with Crippen molar-refractivity contribution in [3.63, 3.8) is 0 Å². The lowest BCUT2D eigenvalue weighted by Gasteiger charge is -2.01. The van der Waals surface area contributed by atoms with Crippen LogP contribution < -0.4 is 0 Å². The lowest BCUT2D eigenvalue weighted by molar-refractivity contribution is -0.141. The summed E-state index contributed by atoms with van der Waals surface area (Å²) in [7, 11) is 0. The van der Waals surface area contributed by atoms with Gasteiger partial charge in [0.25, 0.3) is 0 Å². The van der Waals surface area contributed by atoms with Crippen LogP contribution in [0.3, 0.4) is 0 Å². The molecule has 0 aliphatic carbocycles. The van der Waals surface area contributed by atoms with Crippen molar-refractivity contribution in [2.75, 3.05) is 0 Å². The molecule has 0 N–H and O–H groups in total. The van der Waals surface area contributed by atoms with Gasteiger partial charge in [-0.25, -0.2) is 9.59 Å². The summed E-state index contributed by atoms with van der Waals surface area (Å²) in [6, 6.07) is 0. The van der Waals surface area contributed by atoms with Crippen LogP contribution >= 0.6 is 0 Å². The van der Waals surface area contributed by atoms with Crippen molar-refractivity contribution >= 4 is 23.4 Å². The first kappa shape index (κ1) is 14.3. The monoisotopic (exact) mass is 228 g/mol. The highest BCUT2D eigenvalue weighted by atomic mass is 16.7. The summed E-state index contributed by atoms with van der Waals surface area (Å²) in [4.78, 5) is 30.0. The van der Waals surface area contributed by atoms with Crippen molar-refractivity contribution in [3.05, 3.63) is 0 Å². The van der Waals surface area contributed by atoms with Gasteiger partial charge in [-0.2, -0.15) is 0 Å². The molecule has 0 spiro atoms. The minimum Gasteiger partial charge on any atom is -0.319 e. The Morgan fingerprint density at radius 1 is 1.00 bits per heavy atom. The van der Waals surface area contributed by atoms with Crippen LogP contribution in [0.4, 0.5) is 0 Å². The van der Waals surface area contributed by atoms with Crippen molar-refractivity contribution in [3.8, 4) is 0 Å². The van der Waals surface area contributed by atoms with E-state index >= 15 is 0 Å². The van der Waals surface area contributed by atoms with Crippen LogP contribution in [0.25, 0.3) is 0 Å². The Kier molecular flexibility index (Phi) is 6.74. The van der Waals surface area contributed by atoms with Gasteiger partial charge in [0.05, 0.1) is 11.4 Å². The summed E-state index contributed by atoms with van der Waals surface area (Å²) in [6.07, 6.45) is 1.03. The maximum Gasteiger partial charge on any atom is 0.331 e. The maximum absolute atomic E-state index is 10.5. The fourth-order valence-corrected chi connectivity index (χ4v) is 0.820. The van der Waals surface area contributed by atoms with Gasteiger partial charge in [-0.15, -0.1) is 0 Å². The molecule has 0 aromatic heterocycles. The molecule has 0 aromatic rings. The second-order valence-corrected chi connectivity index (χ2v) is 3.18. The largest absolute Gasteiger partial charge is 0.331 e. The van der Waals surface area contributed by atoms with Crippen LogP contribution in [0.5, 0.6) is 0 Å². The lowest BCUT2D eigenvalue weighted by atomic mass is 10.1. The highest BCUT2D eigenvalue weighted by molar-refractivity contribution is 6.03. The third kappa shape index (κ3) is 7.66. The Morgan fingerprint density at radius 3 is 1.94 bits per heavy atom. The Bertz CT molecular complexity index is 321. The summed E-state index contributed by atoms with van der Waals surface area (Å²) < 4.78 is 0. The zero-order valence-electron chi connectivity index (χ0n) is 9.94. The normalized spacial score (nSPS) is 12.2. The van der Waals surface area contributed by atoms with E-state index in [1.54, 1.807) is 6.92 Å². The van der Waals surface area contributed by atoms with E-state index in [1.807, 2.05) is 6.92 Å².